The summed E-state index contributed by atoms with van der Waals surface area (Å²) >= 11 is 0. The molecule has 2 aliphatic carbocycles. The molecule has 2 rings (SSSR count). The van der Waals surface area contributed by atoms with E-state index in [1.807, 2.05) is 0 Å². The highest BCUT2D eigenvalue weighted by molar-refractivity contribution is 5.80. The van der Waals surface area contributed by atoms with Crippen LogP contribution in [-0.4, -0.2) is 30.3 Å². The fraction of sp³-hybridized carbons (Fsp3) is 0.800. The van der Waals surface area contributed by atoms with Crippen molar-refractivity contribution >= 4 is 12.1 Å². The average Bonchev–Trinajstić information content (AvgIpc) is 2.68. The highest BCUT2D eigenvalue weighted by Gasteiger charge is 2.58. The molecule has 0 heterocycles. The van der Waals surface area contributed by atoms with Crippen LogP contribution in [0.1, 0.15) is 19.3 Å². The SMILES string of the molecule is COC(=O)NC(C(=O)O)C1[C@H]2CCC[C@@H]12. The predicted molar refractivity (Wildman–Crippen MR) is 51.3 cm³/mol. The molecule has 5 nitrogen and oxygen atoms in total. The Morgan fingerprint density at radius 3 is 2.47 bits per heavy atom. The van der Waals surface area contributed by atoms with E-state index in [0.29, 0.717) is 11.8 Å². The Labute approximate surface area is 87.8 Å². The van der Waals surface area contributed by atoms with Gasteiger partial charge in [0.1, 0.15) is 6.04 Å². The molecular formula is C10H15NO4. The van der Waals surface area contributed by atoms with Gasteiger partial charge in [0.25, 0.3) is 0 Å². The second-order valence-corrected chi connectivity index (χ2v) is 4.29. The van der Waals surface area contributed by atoms with Gasteiger partial charge in [0.15, 0.2) is 0 Å². The fourth-order valence-corrected chi connectivity index (χ4v) is 2.88. The Morgan fingerprint density at radius 1 is 1.40 bits per heavy atom. The number of alkyl carbamates (subject to hydrolysis) is 1. The van der Waals surface area contributed by atoms with Crippen LogP contribution in [0.25, 0.3) is 0 Å². The summed E-state index contributed by atoms with van der Waals surface area (Å²) in [6.45, 7) is 0. The van der Waals surface area contributed by atoms with E-state index in [0.717, 1.165) is 12.8 Å². The standard InChI is InChI=1S/C10H15NO4/c1-15-10(14)11-8(9(12)13)7-5-3-2-4-6(5)7/h5-8H,2-4H2,1H3,(H,11,14)(H,12,13)/t5-,6+,7?,8?. The van der Waals surface area contributed by atoms with Gasteiger partial charge in [-0.15, -0.1) is 0 Å². The highest BCUT2D eigenvalue weighted by Crippen LogP contribution is 2.58. The zero-order valence-corrected chi connectivity index (χ0v) is 8.60. The molecule has 2 saturated carbocycles. The van der Waals surface area contributed by atoms with Crippen LogP contribution >= 0.6 is 0 Å². The van der Waals surface area contributed by atoms with Gasteiger partial charge in [0.05, 0.1) is 7.11 Å². The lowest BCUT2D eigenvalue weighted by molar-refractivity contribution is -0.140. The van der Waals surface area contributed by atoms with Crippen LogP contribution in [0.5, 0.6) is 0 Å². The minimum atomic E-state index is -0.959. The van der Waals surface area contributed by atoms with Gasteiger partial charge in [0, 0.05) is 0 Å². The Hall–Kier alpha value is -1.26. The minimum Gasteiger partial charge on any atom is -0.480 e. The van der Waals surface area contributed by atoms with Gasteiger partial charge in [-0.1, -0.05) is 6.42 Å². The van der Waals surface area contributed by atoms with Crippen LogP contribution in [0.2, 0.25) is 0 Å². The number of hydrogen-bond donors (Lipinski definition) is 2. The van der Waals surface area contributed by atoms with E-state index in [2.05, 4.69) is 10.1 Å². The van der Waals surface area contributed by atoms with Crippen molar-refractivity contribution < 1.29 is 19.4 Å². The van der Waals surface area contributed by atoms with E-state index in [1.165, 1.54) is 13.5 Å². The maximum Gasteiger partial charge on any atom is 0.407 e. The summed E-state index contributed by atoms with van der Waals surface area (Å²) in [4.78, 5) is 22.0. The Kier molecular flexibility index (Phi) is 2.54. The summed E-state index contributed by atoms with van der Waals surface area (Å²) in [6, 6.07) is -0.771. The van der Waals surface area contributed by atoms with Gasteiger partial charge in [-0.2, -0.15) is 0 Å². The molecule has 5 heteroatoms. The van der Waals surface area contributed by atoms with Crippen LogP contribution in [0, 0.1) is 17.8 Å². The van der Waals surface area contributed by atoms with Crippen molar-refractivity contribution in [2.75, 3.05) is 7.11 Å². The summed E-state index contributed by atoms with van der Waals surface area (Å²) in [6.07, 6.45) is 2.73. The number of rotatable bonds is 3. The number of carbonyl (C=O) groups is 2. The third kappa shape index (κ3) is 1.78. The number of nitrogens with one attached hydrogen (secondary N) is 1. The fourth-order valence-electron chi connectivity index (χ4n) is 2.88. The minimum absolute atomic E-state index is 0.121. The number of aliphatic carboxylic acids is 1. The van der Waals surface area contributed by atoms with Crippen LogP contribution in [0.4, 0.5) is 4.79 Å². The summed E-state index contributed by atoms with van der Waals surface area (Å²) in [5.41, 5.74) is 0. The predicted octanol–water partition coefficient (Wildman–Crippen LogP) is 0.842. The van der Waals surface area contributed by atoms with Crippen molar-refractivity contribution in [3.05, 3.63) is 0 Å². The molecule has 0 saturated heterocycles. The molecule has 0 bridgehead atoms. The van der Waals surface area contributed by atoms with Crippen LogP contribution in [-0.2, 0) is 9.53 Å². The van der Waals surface area contributed by atoms with E-state index >= 15 is 0 Å². The molecule has 0 aliphatic heterocycles. The van der Waals surface area contributed by atoms with Crippen LogP contribution < -0.4 is 5.32 Å². The molecule has 2 fully saturated rings. The molecule has 0 aromatic rings. The molecule has 0 aromatic carbocycles. The molecule has 0 aromatic heterocycles. The first-order valence-electron chi connectivity index (χ1n) is 5.22. The highest BCUT2D eigenvalue weighted by atomic mass is 16.5. The first-order valence-corrected chi connectivity index (χ1v) is 5.22. The zero-order chi connectivity index (χ0) is 11.0. The lowest BCUT2D eigenvalue weighted by Crippen LogP contribution is -2.43. The van der Waals surface area contributed by atoms with Crippen molar-refractivity contribution in [1.29, 1.82) is 0 Å². The number of carbonyl (C=O) groups excluding carboxylic acids is 1. The number of carboxylic acids is 1. The van der Waals surface area contributed by atoms with Crippen LogP contribution in [0.15, 0.2) is 0 Å². The average molecular weight is 213 g/mol. The normalized spacial score (nSPS) is 34.1. The van der Waals surface area contributed by atoms with Gasteiger partial charge in [-0.05, 0) is 30.6 Å². The quantitative estimate of drug-likeness (QED) is 0.728. The van der Waals surface area contributed by atoms with E-state index in [-0.39, 0.29) is 5.92 Å². The number of fused-ring (bicyclic) bond motifs is 1. The van der Waals surface area contributed by atoms with Crippen molar-refractivity contribution in [2.24, 2.45) is 17.8 Å². The third-order valence-electron chi connectivity index (χ3n) is 3.58. The summed E-state index contributed by atoms with van der Waals surface area (Å²) in [5, 5.41) is 11.4. The zero-order valence-electron chi connectivity index (χ0n) is 8.60. The number of amides is 1. The second kappa shape index (κ2) is 3.72. The summed E-state index contributed by atoms with van der Waals surface area (Å²) < 4.78 is 4.42. The summed E-state index contributed by atoms with van der Waals surface area (Å²) in [7, 11) is 1.24. The smallest absolute Gasteiger partial charge is 0.407 e. The molecule has 0 spiro atoms. The van der Waals surface area contributed by atoms with Crippen molar-refractivity contribution in [3.8, 4) is 0 Å². The first kappa shape index (κ1) is 10.3. The molecule has 4 atom stereocenters. The topological polar surface area (TPSA) is 75.6 Å². The van der Waals surface area contributed by atoms with E-state index in [4.69, 9.17) is 5.11 Å². The number of hydrogen-bond acceptors (Lipinski definition) is 3. The van der Waals surface area contributed by atoms with Crippen molar-refractivity contribution in [1.82, 2.24) is 5.32 Å². The molecule has 0 radical (unpaired) electrons. The Morgan fingerprint density at radius 2 is 2.00 bits per heavy atom. The maximum absolute atomic E-state index is 11.0. The number of ether oxygens (including phenoxy) is 1. The molecule has 2 aliphatic rings. The Balaban J connectivity index is 1.96. The summed E-state index contributed by atoms with van der Waals surface area (Å²) in [5.74, 6) is 0.168. The van der Waals surface area contributed by atoms with Gasteiger partial charge >= 0.3 is 12.1 Å². The van der Waals surface area contributed by atoms with Crippen LogP contribution in [0.3, 0.4) is 0 Å². The lowest BCUT2D eigenvalue weighted by Gasteiger charge is -2.15. The van der Waals surface area contributed by atoms with Gasteiger partial charge in [-0.3, -0.25) is 0 Å². The van der Waals surface area contributed by atoms with Gasteiger partial charge in [0.2, 0.25) is 0 Å². The largest absolute Gasteiger partial charge is 0.480 e. The van der Waals surface area contributed by atoms with E-state index in [9.17, 15) is 9.59 Å². The molecule has 2 N–H and O–H groups in total. The van der Waals surface area contributed by atoms with Crippen molar-refractivity contribution in [2.45, 2.75) is 25.3 Å². The number of carboxylic acid groups (broad SMARTS) is 1. The molecule has 1 amide bonds. The van der Waals surface area contributed by atoms with E-state index in [1.54, 1.807) is 0 Å². The first-order chi connectivity index (χ1) is 7.15. The maximum atomic E-state index is 11.0. The molecular weight excluding hydrogens is 198 g/mol. The molecule has 84 valence electrons. The molecule has 15 heavy (non-hydrogen) atoms. The third-order valence-corrected chi connectivity index (χ3v) is 3.58. The van der Waals surface area contributed by atoms with E-state index < -0.39 is 18.1 Å². The monoisotopic (exact) mass is 213 g/mol. The van der Waals surface area contributed by atoms with Gasteiger partial charge in [-0.25, -0.2) is 9.59 Å². The molecule has 2 unspecified atom stereocenters. The van der Waals surface area contributed by atoms with Crippen molar-refractivity contribution in [3.63, 3.8) is 0 Å². The van der Waals surface area contributed by atoms with Gasteiger partial charge < -0.3 is 15.2 Å². The Bertz CT molecular complexity index is 281. The second-order valence-electron chi connectivity index (χ2n) is 4.29. The lowest BCUT2D eigenvalue weighted by atomic mass is 10.0. The number of methoxy groups -OCH3 is 1.